The van der Waals surface area contributed by atoms with Gasteiger partial charge in [0.2, 0.25) is 6.71 Å². The summed E-state index contributed by atoms with van der Waals surface area (Å²) >= 11 is 38.5. The average molecular weight is 769 g/mol. The summed E-state index contributed by atoms with van der Waals surface area (Å²) in [5.41, 5.74) is 0. The number of hydrogen-bond acceptors (Lipinski definition) is 11. The maximum atomic E-state index is 6.70. The SMILES string of the molecule is ClP1(Cl)=N[P+]2(N=[P@](Cl)(N3CCCC3)[N-]1)NCCCO2.ClP1(Cl)=N[P@@](Cl)(N2CCCC2)=N[P@]2(=N1)NCCCO2. The van der Waals surface area contributed by atoms with Crippen molar-refractivity contribution in [1.29, 1.82) is 0 Å². The van der Waals surface area contributed by atoms with Crippen LogP contribution in [-0.2, 0) is 9.05 Å². The van der Waals surface area contributed by atoms with E-state index in [0.717, 1.165) is 77.8 Å². The zero-order valence-electron chi connectivity index (χ0n) is 20.2. The van der Waals surface area contributed by atoms with E-state index in [4.69, 9.17) is 76.5 Å². The quantitative estimate of drug-likeness (QED) is 0.269. The van der Waals surface area contributed by atoms with Gasteiger partial charge in [-0.2, -0.15) is 18.1 Å². The largest absolute Gasteiger partial charge is 0.522 e. The Morgan fingerprint density at radius 2 is 1.39 bits per heavy atom. The highest BCUT2D eigenvalue weighted by Gasteiger charge is 2.50. The summed E-state index contributed by atoms with van der Waals surface area (Å²) in [6.07, 6.45) is 6.27. The van der Waals surface area contributed by atoms with Gasteiger partial charge in [-0.1, -0.05) is 42.8 Å². The lowest BCUT2D eigenvalue weighted by molar-refractivity contribution is 0.303. The summed E-state index contributed by atoms with van der Waals surface area (Å²) in [6.45, 7) is 1.25. The highest BCUT2D eigenvalue weighted by Crippen LogP contribution is 2.92. The summed E-state index contributed by atoms with van der Waals surface area (Å²) in [7, 11) is -5.02. The molecule has 2 spiro atoms. The molecule has 4 fully saturated rings. The van der Waals surface area contributed by atoms with Crippen molar-refractivity contribution in [2.45, 2.75) is 38.5 Å². The van der Waals surface area contributed by atoms with E-state index < -0.39 is 40.8 Å². The van der Waals surface area contributed by atoms with Crippen molar-refractivity contribution in [3.8, 4) is 0 Å². The smallest absolute Gasteiger partial charge is 0.460 e. The normalized spacial score (nSPS) is 42.7. The van der Waals surface area contributed by atoms with Gasteiger partial charge in [-0.25, -0.2) is 9.76 Å². The first-order chi connectivity index (χ1) is 17.9. The molecule has 220 valence electrons. The van der Waals surface area contributed by atoms with Crippen LogP contribution in [0.4, 0.5) is 0 Å². The molecule has 6 aliphatic heterocycles. The molecule has 1 unspecified atom stereocenters. The predicted molar refractivity (Wildman–Crippen MR) is 171 cm³/mol. The molecule has 4 atom stereocenters. The molecule has 0 aromatic carbocycles. The van der Waals surface area contributed by atoms with Crippen LogP contribution in [0.2, 0.25) is 0 Å². The van der Waals surface area contributed by atoms with Crippen LogP contribution in [-0.4, -0.2) is 61.8 Å². The van der Waals surface area contributed by atoms with Crippen LogP contribution in [0.5, 0.6) is 0 Å². The van der Waals surface area contributed by atoms with E-state index >= 15 is 0 Å². The van der Waals surface area contributed by atoms with Crippen LogP contribution < -0.4 is 10.2 Å². The highest BCUT2D eigenvalue weighted by atomic mass is 35.9. The number of halogens is 6. The Hall–Kier alpha value is 3.04. The third-order valence-corrected chi connectivity index (χ3v) is 30.2. The molecule has 0 aliphatic carbocycles. The Morgan fingerprint density at radius 3 is 2.00 bits per heavy atom. The molecular weight excluding hydrogens is 739 g/mol. The van der Waals surface area contributed by atoms with Gasteiger partial charge in [-0.05, 0) is 72.2 Å². The van der Waals surface area contributed by atoms with Crippen molar-refractivity contribution in [2.24, 2.45) is 22.6 Å². The number of nitrogens with zero attached hydrogens (tertiary/aromatic N) is 8. The predicted octanol–water partition coefficient (Wildman–Crippen LogP) is 11.4. The van der Waals surface area contributed by atoms with Gasteiger partial charge in [0.05, 0.1) is 19.9 Å². The maximum Gasteiger partial charge on any atom is 0.460 e. The van der Waals surface area contributed by atoms with E-state index in [2.05, 4.69) is 47.0 Å². The standard InChI is InChI=1S/2C7H15Cl3N5OP3/c2*8-17(9)12-18(10,15-5-1-2-6-15)14-19(13-17)11-4-3-7-16-19/h2*11H,1-7H2/t18-,19?;18-,19-/m11/s1. The van der Waals surface area contributed by atoms with Gasteiger partial charge in [0.1, 0.15) is 5.91 Å². The lowest BCUT2D eigenvalue weighted by Gasteiger charge is -2.43. The van der Waals surface area contributed by atoms with E-state index in [1.54, 1.807) is 0 Å². The molecule has 6 aliphatic rings. The van der Waals surface area contributed by atoms with Crippen LogP contribution in [0.3, 0.4) is 0 Å². The van der Waals surface area contributed by atoms with Crippen LogP contribution in [0.25, 0.3) is 4.86 Å². The van der Waals surface area contributed by atoms with Crippen LogP contribution in [0.15, 0.2) is 22.6 Å². The average Bonchev–Trinajstić information content (AvgIpc) is 3.53. The van der Waals surface area contributed by atoms with Crippen LogP contribution >= 0.6 is 108 Å². The highest BCUT2D eigenvalue weighted by molar-refractivity contribution is 8.22. The van der Waals surface area contributed by atoms with Gasteiger partial charge in [-0.15, -0.1) is 5.09 Å². The Kier molecular flexibility index (Phi) is 10.9. The third-order valence-electron chi connectivity index (χ3n) is 6.08. The van der Waals surface area contributed by atoms with E-state index in [0.29, 0.717) is 13.2 Å². The minimum Gasteiger partial charge on any atom is -0.522 e. The molecule has 4 saturated heterocycles. The van der Waals surface area contributed by atoms with Crippen LogP contribution in [0.1, 0.15) is 38.5 Å². The van der Waals surface area contributed by atoms with Gasteiger partial charge in [0.25, 0.3) is 13.5 Å². The van der Waals surface area contributed by atoms with Gasteiger partial charge in [0.15, 0.2) is 0 Å². The van der Waals surface area contributed by atoms with E-state index in [-0.39, 0.29) is 0 Å². The second-order valence-electron chi connectivity index (χ2n) is 9.04. The van der Waals surface area contributed by atoms with E-state index in [1.807, 2.05) is 0 Å². The fourth-order valence-electron chi connectivity index (χ4n) is 4.42. The molecule has 6 heterocycles. The molecule has 0 amide bonds. The fourth-order valence-corrected chi connectivity index (χ4v) is 33.5. The molecule has 0 aromatic heterocycles. The lowest BCUT2D eigenvalue weighted by Crippen LogP contribution is -2.25. The van der Waals surface area contributed by atoms with Crippen molar-refractivity contribution >= 4 is 108 Å². The van der Waals surface area contributed by atoms with Crippen molar-refractivity contribution < 1.29 is 9.05 Å². The number of hydrogen-bond donors (Lipinski definition) is 2. The summed E-state index contributed by atoms with van der Waals surface area (Å²) in [5.74, 6) is -5.61. The fraction of sp³-hybridized carbons (Fsp3) is 1.00. The Bertz CT molecular complexity index is 1180. The summed E-state index contributed by atoms with van der Waals surface area (Å²) in [4.78, 5) is 4.40. The monoisotopic (exact) mass is 766 g/mol. The second-order valence-corrected chi connectivity index (χ2v) is 31.0. The number of nitrogens with one attached hydrogen (secondary N) is 2. The molecular formula is C14H30Cl6N10O2P6. The minimum atomic E-state index is -2.81. The van der Waals surface area contributed by atoms with Gasteiger partial charge < -0.3 is 9.38 Å². The van der Waals surface area contributed by atoms with Crippen molar-refractivity contribution in [1.82, 2.24) is 19.5 Å². The molecule has 24 heteroatoms. The zero-order chi connectivity index (χ0) is 27.1. The Balaban J connectivity index is 0.000000155. The van der Waals surface area contributed by atoms with Crippen molar-refractivity contribution in [3.05, 3.63) is 4.86 Å². The first-order valence-electron chi connectivity index (χ1n) is 12.2. The lowest BCUT2D eigenvalue weighted by atomic mass is 10.4. The molecule has 0 radical (unpaired) electrons. The van der Waals surface area contributed by atoms with Crippen molar-refractivity contribution in [3.63, 3.8) is 0 Å². The topological polar surface area (TPSA) is 125 Å². The third kappa shape index (κ3) is 7.81. The van der Waals surface area contributed by atoms with E-state index in [1.165, 1.54) is 0 Å². The Labute approximate surface area is 253 Å². The molecule has 2 N–H and O–H groups in total. The maximum absolute atomic E-state index is 6.70. The van der Waals surface area contributed by atoms with Gasteiger partial charge in [-0.3, -0.25) is 4.67 Å². The second kappa shape index (κ2) is 12.8. The summed E-state index contributed by atoms with van der Waals surface area (Å²) in [6, 6.07) is 0. The molecule has 6 rings (SSSR count). The van der Waals surface area contributed by atoms with E-state index in [9.17, 15) is 0 Å². The van der Waals surface area contributed by atoms with Crippen LogP contribution in [0, 0.1) is 0 Å². The van der Waals surface area contributed by atoms with Crippen molar-refractivity contribution in [2.75, 3.05) is 52.5 Å². The minimum absolute atomic E-state index is 0.610. The number of rotatable bonds is 2. The zero-order valence-corrected chi connectivity index (χ0v) is 30.1. The Morgan fingerprint density at radius 1 is 0.737 bits per heavy atom. The first-order valence-corrected chi connectivity index (χ1v) is 27.5. The van der Waals surface area contributed by atoms with Gasteiger partial charge in [0, 0.05) is 39.3 Å². The molecule has 0 aromatic rings. The molecule has 0 saturated carbocycles. The molecule has 12 nitrogen and oxygen atoms in total. The van der Waals surface area contributed by atoms with Gasteiger partial charge >= 0.3 is 7.94 Å². The molecule has 0 bridgehead atoms. The summed E-state index contributed by atoms with van der Waals surface area (Å²) in [5, 5.41) is 6.48. The molecule has 38 heavy (non-hydrogen) atoms. The first kappa shape index (κ1) is 32.4. The summed E-state index contributed by atoms with van der Waals surface area (Å²) < 4.78 is 38.3.